The monoisotopic (exact) mass is 250 g/mol. The highest BCUT2D eigenvalue weighted by Gasteiger charge is 2.10. The molecule has 86 valence electrons. The summed E-state index contributed by atoms with van der Waals surface area (Å²) in [7, 11) is 0. The number of amides is 1. The molecule has 2 aromatic rings. The number of benzene rings is 1. The van der Waals surface area contributed by atoms with E-state index in [0.717, 1.165) is 0 Å². The second kappa shape index (κ2) is 4.93. The van der Waals surface area contributed by atoms with E-state index in [0.29, 0.717) is 0 Å². The van der Waals surface area contributed by atoms with Gasteiger partial charge >= 0.3 is 0 Å². The highest BCUT2D eigenvalue weighted by Crippen LogP contribution is 2.14. The molecule has 0 aliphatic heterocycles. The third kappa shape index (κ3) is 2.79. The van der Waals surface area contributed by atoms with Gasteiger partial charge in [0, 0.05) is 0 Å². The van der Waals surface area contributed by atoms with Crippen molar-refractivity contribution in [2.75, 3.05) is 5.32 Å². The molecule has 1 N–H and O–H groups in total. The van der Waals surface area contributed by atoms with Crippen LogP contribution in [0.15, 0.2) is 42.5 Å². The number of hydrogen-bond donors (Lipinski definition) is 1. The number of halogens is 2. The zero-order chi connectivity index (χ0) is 12.3. The first-order valence-electron chi connectivity index (χ1n) is 4.85. The Hall–Kier alpha value is -1.94. The van der Waals surface area contributed by atoms with Gasteiger partial charge in [-0.25, -0.2) is 9.37 Å². The van der Waals surface area contributed by atoms with Gasteiger partial charge in [-0.1, -0.05) is 29.8 Å². The zero-order valence-electron chi connectivity index (χ0n) is 8.65. The van der Waals surface area contributed by atoms with Crippen LogP contribution in [0.1, 0.15) is 10.5 Å². The number of rotatable bonds is 2. The minimum Gasteiger partial charge on any atom is -0.318 e. The molecule has 0 atom stereocenters. The first kappa shape index (κ1) is 11.5. The third-order valence-corrected chi connectivity index (χ3v) is 2.28. The van der Waals surface area contributed by atoms with E-state index in [1.807, 2.05) is 0 Å². The number of para-hydroxylation sites is 1. The van der Waals surface area contributed by atoms with Crippen molar-refractivity contribution >= 4 is 23.2 Å². The van der Waals surface area contributed by atoms with Crippen molar-refractivity contribution in [2.45, 2.75) is 0 Å². The second-order valence-electron chi connectivity index (χ2n) is 3.28. The van der Waals surface area contributed by atoms with Gasteiger partial charge in [0.05, 0.1) is 5.69 Å². The van der Waals surface area contributed by atoms with Gasteiger partial charge in [-0.15, -0.1) is 0 Å². The van der Waals surface area contributed by atoms with Gasteiger partial charge in [0.1, 0.15) is 16.7 Å². The Morgan fingerprint density at radius 1 is 1.18 bits per heavy atom. The van der Waals surface area contributed by atoms with E-state index in [-0.39, 0.29) is 16.5 Å². The SMILES string of the molecule is O=C(Nc1ccccc1F)c1cccc(Cl)n1. The topological polar surface area (TPSA) is 42.0 Å². The van der Waals surface area contributed by atoms with Gasteiger partial charge in [0.15, 0.2) is 0 Å². The van der Waals surface area contributed by atoms with Crippen LogP contribution < -0.4 is 5.32 Å². The fourth-order valence-corrected chi connectivity index (χ4v) is 1.45. The zero-order valence-corrected chi connectivity index (χ0v) is 9.41. The summed E-state index contributed by atoms with van der Waals surface area (Å²) in [6, 6.07) is 10.6. The largest absolute Gasteiger partial charge is 0.318 e. The van der Waals surface area contributed by atoms with Crippen molar-refractivity contribution in [1.29, 1.82) is 0 Å². The average molecular weight is 251 g/mol. The number of carbonyl (C=O) groups is 1. The summed E-state index contributed by atoms with van der Waals surface area (Å²) in [5.41, 5.74) is 0.250. The lowest BCUT2D eigenvalue weighted by molar-refractivity contribution is 0.102. The van der Waals surface area contributed by atoms with Crippen LogP contribution in [-0.2, 0) is 0 Å². The first-order chi connectivity index (χ1) is 8.16. The van der Waals surface area contributed by atoms with E-state index in [1.165, 1.54) is 18.2 Å². The quantitative estimate of drug-likeness (QED) is 0.832. The van der Waals surface area contributed by atoms with Crippen LogP contribution in [0, 0.1) is 5.82 Å². The number of hydrogen-bond acceptors (Lipinski definition) is 2. The van der Waals surface area contributed by atoms with Gasteiger partial charge in [0.2, 0.25) is 0 Å². The van der Waals surface area contributed by atoms with E-state index in [9.17, 15) is 9.18 Å². The highest BCUT2D eigenvalue weighted by molar-refractivity contribution is 6.29. The predicted octanol–water partition coefficient (Wildman–Crippen LogP) is 3.13. The fourth-order valence-electron chi connectivity index (χ4n) is 1.28. The number of anilines is 1. The van der Waals surface area contributed by atoms with Crippen LogP contribution in [-0.4, -0.2) is 10.9 Å². The summed E-state index contributed by atoms with van der Waals surface area (Å²) in [6.45, 7) is 0. The minimum absolute atomic E-state index is 0.110. The van der Waals surface area contributed by atoms with E-state index in [1.54, 1.807) is 24.3 Å². The molecule has 0 bridgehead atoms. The molecule has 1 aromatic carbocycles. The fraction of sp³-hybridized carbons (Fsp3) is 0. The van der Waals surface area contributed by atoms with E-state index in [4.69, 9.17) is 11.6 Å². The molecular weight excluding hydrogens is 243 g/mol. The molecule has 0 spiro atoms. The highest BCUT2D eigenvalue weighted by atomic mass is 35.5. The number of carbonyl (C=O) groups excluding carboxylic acids is 1. The Labute approximate surface area is 102 Å². The normalized spacial score (nSPS) is 10.0. The van der Waals surface area contributed by atoms with Gasteiger partial charge in [0.25, 0.3) is 5.91 Å². The van der Waals surface area contributed by atoms with Gasteiger partial charge in [-0.2, -0.15) is 0 Å². The van der Waals surface area contributed by atoms with Crippen LogP contribution in [0.4, 0.5) is 10.1 Å². The number of aromatic nitrogens is 1. The maximum atomic E-state index is 13.3. The molecule has 3 nitrogen and oxygen atoms in total. The molecule has 5 heteroatoms. The molecule has 0 aliphatic carbocycles. The van der Waals surface area contributed by atoms with Crippen LogP contribution >= 0.6 is 11.6 Å². The Balaban J connectivity index is 2.20. The summed E-state index contributed by atoms with van der Waals surface area (Å²) in [5, 5.41) is 2.63. The maximum Gasteiger partial charge on any atom is 0.274 e. The van der Waals surface area contributed by atoms with Gasteiger partial charge in [-0.05, 0) is 24.3 Å². The van der Waals surface area contributed by atoms with Crippen molar-refractivity contribution in [2.24, 2.45) is 0 Å². The Morgan fingerprint density at radius 2 is 1.94 bits per heavy atom. The average Bonchev–Trinajstić information content (AvgIpc) is 2.32. The Bertz CT molecular complexity index is 560. The summed E-state index contributed by atoms with van der Waals surface area (Å²) in [4.78, 5) is 15.5. The van der Waals surface area contributed by atoms with E-state index in [2.05, 4.69) is 10.3 Å². The third-order valence-electron chi connectivity index (χ3n) is 2.07. The summed E-state index contributed by atoms with van der Waals surface area (Å²) >= 11 is 5.66. The van der Waals surface area contributed by atoms with Gasteiger partial charge < -0.3 is 5.32 Å². The smallest absolute Gasteiger partial charge is 0.274 e. The Kier molecular flexibility index (Phi) is 3.35. The molecule has 17 heavy (non-hydrogen) atoms. The summed E-state index contributed by atoms with van der Waals surface area (Å²) < 4.78 is 13.3. The summed E-state index contributed by atoms with van der Waals surface area (Å²) in [6.07, 6.45) is 0. The minimum atomic E-state index is -0.502. The summed E-state index contributed by atoms with van der Waals surface area (Å²) in [5.74, 6) is -1.000. The number of pyridine rings is 1. The lowest BCUT2D eigenvalue weighted by atomic mass is 10.3. The lowest BCUT2D eigenvalue weighted by Crippen LogP contribution is -2.14. The molecule has 1 amide bonds. The first-order valence-corrected chi connectivity index (χ1v) is 5.23. The van der Waals surface area contributed by atoms with Crippen molar-refractivity contribution in [3.8, 4) is 0 Å². The molecule has 0 aliphatic rings. The van der Waals surface area contributed by atoms with Crippen LogP contribution in [0.5, 0.6) is 0 Å². The molecule has 0 saturated carbocycles. The standard InChI is InChI=1S/C12H8ClFN2O/c13-11-7-3-6-10(15-11)12(17)16-9-5-2-1-4-8(9)14/h1-7H,(H,16,17). The van der Waals surface area contributed by atoms with E-state index < -0.39 is 11.7 Å². The number of nitrogens with one attached hydrogen (secondary N) is 1. The van der Waals surface area contributed by atoms with Crippen molar-refractivity contribution < 1.29 is 9.18 Å². The molecule has 0 fully saturated rings. The van der Waals surface area contributed by atoms with E-state index >= 15 is 0 Å². The maximum absolute atomic E-state index is 13.3. The van der Waals surface area contributed by atoms with Crippen LogP contribution in [0.3, 0.4) is 0 Å². The number of nitrogens with zero attached hydrogens (tertiary/aromatic N) is 1. The molecule has 1 aromatic heterocycles. The van der Waals surface area contributed by atoms with Crippen molar-refractivity contribution in [3.05, 3.63) is 59.1 Å². The predicted molar refractivity (Wildman–Crippen MR) is 63.6 cm³/mol. The van der Waals surface area contributed by atoms with Gasteiger partial charge in [-0.3, -0.25) is 4.79 Å². The van der Waals surface area contributed by atoms with Crippen molar-refractivity contribution in [3.63, 3.8) is 0 Å². The van der Waals surface area contributed by atoms with Crippen LogP contribution in [0.25, 0.3) is 0 Å². The molecule has 1 heterocycles. The second-order valence-corrected chi connectivity index (χ2v) is 3.67. The molecule has 0 saturated heterocycles. The van der Waals surface area contributed by atoms with Crippen molar-refractivity contribution in [1.82, 2.24) is 4.98 Å². The molecule has 0 unspecified atom stereocenters. The molecule has 0 radical (unpaired) electrons. The molecular formula is C12H8ClFN2O. The van der Waals surface area contributed by atoms with Crippen LogP contribution in [0.2, 0.25) is 5.15 Å². The molecule has 2 rings (SSSR count). The lowest BCUT2D eigenvalue weighted by Gasteiger charge is -2.05. The Morgan fingerprint density at radius 3 is 2.65 bits per heavy atom.